The molecule has 3 rings (SSSR count). The first kappa shape index (κ1) is 26.5. The molecule has 0 saturated carbocycles. The first-order chi connectivity index (χ1) is 17.0. The Labute approximate surface area is 208 Å². The summed E-state index contributed by atoms with van der Waals surface area (Å²) in [6.07, 6.45) is 11.1. The monoisotopic (exact) mass is 477 g/mol. The van der Waals surface area contributed by atoms with Crippen molar-refractivity contribution in [1.29, 1.82) is 0 Å². The van der Waals surface area contributed by atoms with Gasteiger partial charge in [0.05, 0.1) is 12.1 Å². The van der Waals surface area contributed by atoms with Crippen molar-refractivity contribution in [2.24, 2.45) is 0 Å². The fourth-order valence-corrected chi connectivity index (χ4v) is 4.44. The van der Waals surface area contributed by atoms with E-state index < -0.39 is 5.97 Å². The van der Waals surface area contributed by atoms with Gasteiger partial charge < -0.3 is 5.11 Å². The van der Waals surface area contributed by atoms with E-state index in [4.69, 9.17) is 5.10 Å². The molecule has 188 valence electrons. The van der Waals surface area contributed by atoms with Gasteiger partial charge in [-0.2, -0.15) is 5.10 Å². The van der Waals surface area contributed by atoms with E-state index in [0.717, 1.165) is 49.1 Å². The number of aryl methyl sites for hydroxylation is 2. The molecule has 0 aliphatic rings. The van der Waals surface area contributed by atoms with Crippen molar-refractivity contribution in [1.82, 2.24) is 14.3 Å². The summed E-state index contributed by atoms with van der Waals surface area (Å²) in [6.45, 7) is 5.54. The van der Waals surface area contributed by atoms with Crippen LogP contribution in [-0.2, 0) is 19.5 Å². The van der Waals surface area contributed by atoms with E-state index in [1.807, 2.05) is 41.0 Å². The Morgan fingerprint density at radius 2 is 1.51 bits per heavy atom. The maximum absolute atomic E-state index is 13.2. The molecule has 0 saturated heterocycles. The fraction of sp³-hybridized carbons (Fsp3) is 0.483. The van der Waals surface area contributed by atoms with Crippen LogP contribution in [0.1, 0.15) is 93.4 Å². The number of benzene rings is 2. The SMILES string of the molecule is CCCCCCCn1nc(CCCCCC)n(Cc2ccc(-c3ccccc3C(=O)O)cc2)c1=O. The standard InChI is InChI=1S/C29H39N3O3/c1-3-5-7-9-13-21-32-29(35)31(27(30-32)16-10-8-6-4-2)22-23-17-19-24(20-18-23)25-14-11-12-15-26(25)28(33)34/h11-12,14-15,17-20H,3-10,13,16,21-22H2,1-2H3,(H,33,34). The van der Waals surface area contributed by atoms with Gasteiger partial charge >= 0.3 is 11.7 Å². The molecule has 0 aliphatic heterocycles. The lowest BCUT2D eigenvalue weighted by atomic mass is 9.99. The molecule has 0 atom stereocenters. The zero-order chi connectivity index (χ0) is 25.0. The molecule has 0 amide bonds. The number of hydrogen-bond acceptors (Lipinski definition) is 3. The number of rotatable bonds is 15. The third-order valence-corrected chi connectivity index (χ3v) is 6.49. The number of aromatic carboxylic acids is 1. The normalized spacial score (nSPS) is 11.1. The molecular weight excluding hydrogens is 438 g/mol. The molecule has 6 heteroatoms. The van der Waals surface area contributed by atoms with E-state index in [-0.39, 0.29) is 11.3 Å². The van der Waals surface area contributed by atoms with Crippen LogP contribution in [0.15, 0.2) is 53.3 Å². The number of carbonyl (C=O) groups is 1. The van der Waals surface area contributed by atoms with Gasteiger partial charge in [-0.05, 0) is 35.6 Å². The molecule has 0 unspecified atom stereocenters. The maximum Gasteiger partial charge on any atom is 0.346 e. The quantitative estimate of drug-likeness (QED) is 0.252. The highest BCUT2D eigenvalue weighted by molar-refractivity contribution is 5.95. The van der Waals surface area contributed by atoms with Gasteiger partial charge in [0.15, 0.2) is 0 Å². The average molecular weight is 478 g/mol. The minimum absolute atomic E-state index is 0.0358. The largest absolute Gasteiger partial charge is 0.478 e. The zero-order valence-electron chi connectivity index (χ0n) is 21.2. The molecule has 1 aromatic heterocycles. The predicted molar refractivity (Wildman–Crippen MR) is 141 cm³/mol. The summed E-state index contributed by atoms with van der Waals surface area (Å²) >= 11 is 0. The van der Waals surface area contributed by atoms with Gasteiger partial charge in [0, 0.05) is 13.0 Å². The first-order valence-corrected chi connectivity index (χ1v) is 13.1. The molecule has 0 aliphatic carbocycles. The van der Waals surface area contributed by atoms with Crippen LogP contribution in [-0.4, -0.2) is 25.4 Å². The summed E-state index contributed by atoms with van der Waals surface area (Å²) in [6, 6.07) is 14.8. The van der Waals surface area contributed by atoms with Gasteiger partial charge in [0.25, 0.3) is 0 Å². The Kier molecular flexibility index (Phi) is 10.3. The van der Waals surface area contributed by atoms with Crippen LogP contribution in [0, 0.1) is 0 Å². The van der Waals surface area contributed by atoms with Crippen LogP contribution in [0.4, 0.5) is 0 Å². The smallest absolute Gasteiger partial charge is 0.346 e. The summed E-state index contributed by atoms with van der Waals surface area (Å²) < 4.78 is 3.47. The Balaban J connectivity index is 1.78. The summed E-state index contributed by atoms with van der Waals surface area (Å²) in [5, 5.41) is 14.2. The molecule has 1 heterocycles. The molecule has 0 fully saturated rings. The van der Waals surface area contributed by atoms with Crippen LogP contribution in [0.3, 0.4) is 0 Å². The summed E-state index contributed by atoms with van der Waals surface area (Å²) in [7, 11) is 0. The molecule has 0 spiro atoms. The molecule has 35 heavy (non-hydrogen) atoms. The van der Waals surface area contributed by atoms with E-state index in [9.17, 15) is 14.7 Å². The van der Waals surface area contributed by atoms with Crippen molar-refractivity contribution in [3.63, 3.8) is 0 Å². The second-order valence-corrected chi connectivity index (χ2v) is 9.28. The molecule has 1 N–H and O–H groups in total. The van der Waals surface area contributed by atoms with Crippen LogP contribution in [0.2, 0.25) is 0 Å². The molecule has 6 nitrogen and oxygen atoms in total. The highest BCUT2D eigenvalue weighted by Gasteiger charge is 2.15. The van der Waals surface area contributed by atoms with Gasteiger partial charge in [0.1, 0.15) is 5.82 Å². The van der Waals surface area contributed by atoms with Gasteiger partial charge in [-0.15, -0.1) is 0 Å². The maximum atomic E-state index is 13.2. The third kappa shape index (κ3) is 7.41. The predicted octanol–water partition coefficient (Wildman–Crippen LogP) is 6.55. The minimum atomic E-state index is -0.939. The molecule has 0 radical (unpaired) electrons. The number of hydrogen-bond donors (Lipinski definition) is 1. The van der Waals surface area contributed by atoms with Crippen molar-refractivity contribution in [2.75, 3.05) is 0 Å². The second-order valence-electron chi connectivity index (χ2n) is 9.28. The number of carboxylic acid groups (broad SMARTS) is 1. The highest BCUT2D eigenvalue weighted by atomic mass is 16.4. The Morgan fingerprint density at radius 3 is 2.20 bits per heavy atom. The van der Waals surface area contributed by atoms with Crippen molar-refractivity contribution in [3.05, 3.63) is 76.0 Å². The van der Waals surface area contributed by atoms with Gasteiger partial charge in [-0.25, -0.2) is 14.3 Å². The minimum Gasteiger partial charge on any atom is -0.478 e. The summed E-state index contributed by atoms with van der Waals surface area (Å²) in [5.74, 6) is -0.0778. The van der Waals surface area contributed by atoms with Crippen molar-refractivity contribution in [2.45, 2.75) is 91.1 Å². The van der Waals surface area contributed by atoms with E-state index >= 15 is 0 Å². The zero-order valence-corrected chi connectivity index (χ0v) is 21.2. The lowest BCUT2D eigenvalue weighted by Gasteiger charge is -2.09. The summed E-state index contributed by atoms with van der Waals surface area (Å²) in [4.78, 5) is 24.8. The van der Waals surface area contributed by atoms with E-state index in [1.165, 1.54) is 32.1 Å². The van der Waals surface area contributed by atoms with E-state index in [1.54, 1.807) is 16.8 Å². The molecular formula is C29H39N3O3. The van der Waals surface area contributed by atoms with Gasteiger partial charge in [-0.3, -0.25) is 4.57 Å². The van der Waals surface area contributed by atoms with Crippen molar-refractivity contribution < 1.29 is 9.90 Å². The molecule has 3 aromatic rings. The third-order valence-electron chi connectivity index (χ3n) is 6.49. The number of aromatic nitrogens is 3. The number of unbranched alkanes of at least 4 members (excludes halogenated alkanes) is 7. The molecule has 0 bridgehead atoms. The molecule has 2 aromatic carbocycles. The Hall–Kier alpha value is -3.15. The van der Waals surface area contributed by atoms with E-state index in [0.29, 0.717) is 18.7 Å². The van der Waals surface area contributed by atoms with Crippen LogP contribution in [0.5, 0.6) is 0 Å². The summed E-state index contributed by atoms with van der Waals surface area (Å²) in [5.41, 5.74) is 2.79. The number of nitrogens with zero attached hydrogens (tertiary/aromatic N) is 3. The van der Waals surface area contributed by atoms with Crippen LogP contribution >= 0.6 is 0 Å². The first-order valence-electron chi connectivity index (χ1n) is 13.1. The Bertz CT molecular complexity index is 1130. The highest BCUT2D eigenvalue weighted by Crippen LogP contribution is 2.24. The van der Waals surface area contributed by atoms with E-state index in [2.05, 4.69) is 13.8 Å². The number of carboxylic acids is 1. The lowest BCUT2D eigenvalue weighted by Crippen LogP contribution is -2.26. The van der Waals surface area contributed by atoms with Crippen molar-refractivity contribution >= 4 is 5.97 Å². The fourth-order valence-electron chi connectivity index (χ4n) is 4.44. The topological polar surface area (TPSA) is 77.1 Å². The second kappa shape index (κ2) is 13.7. The van der Waals surface area contributed by atoms with Gasteiger partial charge in [-0.1, -0.05) is 101 Å². The average Bonchev–Trinajstić information content (AvgIpc) is 3.16. The van der Waals surface area contributed by atoms with Gasteiger partial charge in [0.2, 0.25) is 0 Å². The van der Waals surface area contributed by atoms with Crippen LogP contribution < -0.4 is 5.69 Å². The Morgan fingerprint density at radius 1 is 0.857 bits per heavy atom. The lowest BCUT2D eigenvalue weighted by molar-refractivity contribution is 0.0697. The van der Waals surface area contributed by atoms with Crippen molar-refractivity contribution in [3.8, 4) is 11.1 Å². The van der Waals surface area contributed by atoms with Crippen LogP contribution in [0.25, 0.3) is 11.1 Å².